The van der Waals surface area contributed by atoms with E-state index < -0.39 is 0 Å². The van der Waals surface area contributed by atoms with Gasteiger partial charge in [-0.05, 0) is 24.3 Å². The van der Waals surface area contributed by atoms with Crippen molar-refractivity contribution >= 4 is 0 Å². The van der Waals surface area contributed by atoms with Crippen LogP contribution in [0.15, 0.2) is 42.7 Å². The van der Waals surface area contributed by atoms with Crippen LogP contribution in [0.4, 0.5) is 0 Å². The first-order valence-electron chi connectivity index (χ1n) is 4.85. The maximum Gasteiger partial charge on any atom is 0.120 e. The number of nitriles is 1. The van der Waals surface area contributed by atoms with Crippen LogP contribution in [0.1, 0.15) is 11.4 Å². The molecule has 0 aliphatic heterocycles. The predicted octanol–water partition coefficient (Wildman–Crippen LogP) is 2.00. The van der Waals surface area contributed by atoms with E-state index in [0.29, 0.717) is 5.69 Å². The van der Waals surface area contributed by atoms with Gasteiger partial charge in [-0.1, -0.05) is 6.07 Å². The molecular formula is C12H11N3. The van der Waals surface area contributed by atoms with Crippen LogP contribution in [0.3, 0.4) is 0 Å². The van der Waals surface area contributed by atoms with Crippen LogP contribution in [-0.4, -0.2) is 9.55 Å². The number of pyridine rings is 1. The molecule has 15 heavy (non-hydrogen) atoms. The van der Waals surface area contributed by atoms with Gasteiger partial charge in [-0.15, -0.1) is 0 Å². The molecule has 3 nitrogen and oxygen atoms in total. The van der Waals surface area contributed by atoms with Crippen LogP contribution >= 0.6 is 0 Å². The van der Waals surface area contributed by atoms with Gasteiger partial charge in [0.05, 0.1) is 0 Å². The largest absolute Gasteiger partial charge is 0.339 e. The molecule has 3 heteroatoms. The monoisotopic (exact) mass is 197 g/mol. The zero-order valence-corrected chi connectivity index (χ0v) is 8.30. The lowest BCUT2D eigenvalue weighted by Gasteiger charge is -2.03. The quantitative estimate of drug-likeness (QED) is 0.755. The predicted molar refractivity (Wildman–Crippen MR) is 57.1 cm³/mol. The normalized spacial score (nSPS) is 9.80. The van der Waals surface area contributed by atoms with Crippen molar-refractivity contribution in [2.24, 2.45) is 0 Å². The lowest BCUT2D eigenvalue weighted by molar-refractivity contribution is 0.682. The third-order valence-corrected chi connectivity index (χ3v) is 2.28. The maximum absolute atomic E-state index is 8.82. The number of hydrogen-bond acceptors (Lipinski definition) is 2. The van der Waals surface area contributed by atoms with Crippen LogP contribution in [0, 0.1) is 11.3 Å². The van der Waals surface area contributed by atoms with E-state index in [1.165, 1.54) is 0 Å². The molecule has 0 spiro atoms. The molecule has 0 bridgehead atoms. The highest BCUT2D eigenvalue weighted by atomic mass is 15.0. The summed E-state index contributed by atoms with van der Waals surface area (Å²) in [7, 11) is 0. The molecule has 0 aliphatic carbocycles. The summed E-state index contributed by atoms with van der Waals surface area (Å²) in [6.45, 7) is 0.799. The molecule has 2 rings (SSSR count). The molecule has 0 saturated carbocycles. The molecule has 0 aliphatic rings. The van der Waals surface area contributed by atoms with Crippen molar-refractivity contribution in [2.45, 2.75) is 13.0 Å². The SMILES string of the molecule is N#Cc1cccn1CCc1ccccn1. The Labute approximate surface area is 88.6 Å². The second kappa shape index (κ2) is 4.43. The third-order valence-electron chi connectivity index (χ3n) is 2.28. The van der Waals surface area contributed by atoms with E-state index in [1.807, 2.05) is 41.1 Å². The summed E-state index contributed by atoms with van der Waals surface area (Å²) in [5.74, 6) is 0. The van der Waals surface area contributed by atoms with Crippen molar-refractivity contribution in [2.75, 3.05) is 0 Å². The topological polar surface area (TPSA) is 41.6 Å². The van der Waals surface area contributed by atoms with Gasteiger partial charge in [0.25, 0.3) is 0 Å². The summed E-state index contributed by atoms with van der Waals surface area (Å²) in [4.78, 5) is 4.24. The van der Waals surface area contributed by atoms with E-state index in [0.717, 1.165) is 18.7 Å². The van der Waals surface area contributed by atoms with Crippen LogP contribution in [0.25, 0.3) is 0 Å². The minimum atomic E-state index is 0.700. The molecule has 74 valence electrons. The van der Waals surface area contributed by atoms with Gasteiger partial charge in [-0.25, -0.2) is 0 Å². The molecule has 0 saturated heterocycles. The van der Waals surface area contributed by atoms with Crippen molar-refractivity contribution in [1.29, 1.82) is 5.26 Å². The summed E-state index contributed by atoms with van der Waals surface area (Å²) >= 11 is 0. The Kier molecular flexibility index (Phi) is 2.80. The molecule has 0 unspecified atom stereocenters. The Morgan fingerprint density at radius 1 is 1.27 bits per heavy atom. The first-order chi connectivity index (χ1) is 7.40. The van der Waals surface area contributed by atoms with E-state index in [4.69, 9.17) is 5.26 Å². The maximum atomic E-state index is 8.82. The van der Waals surface area contributed by atoms with Gasteiger partial charge in [-0.3, -0.25) is 4.98 Å². The molecule has 0 N–H and O–H groups in total. The zero-order valence-electron chi connectivity index (χ0n) is 8.30. The summed E-state index contributed by atoms with van der Waals surface area (Å²) in [5, 5.41) is 8.82. The van der Waals surface area contributed by atoms with Gasteiger partial charge in [-0.2, -0.15) is 5.26 Å². The Hall–Kier alpha value is -2.08. The van der Waals surface area contributed by atoms with Crippen LogP contribution < -0.4 is 0 Å². The number of aromatic nitrogens is 2. The Bertz CT molecular complexity index is 465. The van der Waals surface area contributed by atoms with E-state index >= 15 is 0 Å². The summed E-state index contributed by atoms with van der Waals surface area (Å²) < 4.78 is 1.94. The Balaban J connectivity index is 2.03. The fourth-order valence-electron chi connectivity index (χ4n) is 1.49. The molecule has 0 radical (unpaired) electrons. The van der Waals surface area contributed by atoms with Crippen LogP contribution in [0.5, 0.6) is 0 Å². The fraction of sp³-hybridized carbons (Fsp3) is 0.167. The number of nitrogens with zero attached hydrogens (tertiary/aromatic N) is 3. The highest BCUT2D eigenvalue weighted by molar-refractivity contribution is 5.22. The number of rotatable bonds is 3. The average molecular weight is 197 g/mol. The van der Waals surface area contributed by atoms with Crippen molar-refractivity contribution in [3.8, 4) is 6.07 Å². The first-order valence-corrected chi connectivity index (χ1v) is 4.85. The van der Waals surface area contributed by atoms with Gasteiger partial charge >= 0.3 is 0 Å². The number of hydrogen-bond donors (Lipinski definition) is 0. The van der Waals surface area contributed by atoms with Crippen LogP contribution in [-0.2, 0) is 13.0 Å². The lowest BCUT2D eigenvalue weighted by atomic mass is 10.2. The van der Waals surface area contributed by atoms with Gasteiger partial charge in [0.2, 0.25) is 0 Å². The van der Waals surface area contributed by atoms with E-state index in [2.05, 4.69) is 11.1 Å². The van der Waals surface area contributed by atoms with Gasteiger partial charge < -0.3 is 4.57 Å². The second-order valence-corrected chi connectivity index (χ2v) is 3.27. The summed E-state index contributed by atoms with van der Waals surface area (Å²) in [6.07, 6.45) is 4.56. The molecule has 0 aromatic carbocycles. The molecule has 2 aromatic heterocycles. The minimum absolute atomic E-state index is 0.700. The van der Waals surface area contributed by atoms with E-state index in [1.54, 1.807) is 6.20 Å². The van der Waals surface area contributed by atoms with Crippen molar-refractivity contribution < 1.29 is 0 Å². The molecular weight excluding hydrogens is 186 g/mol. The van der Waals surface area contributed by atoms with Crippen LogP contribution in [0.2, 0.25) is 0 Å². The smallest absolute Gasteiger partial charge is 0.120 e. The van der Waals surface area contributed by atoms with Crippen molar-refractivity contribution in [3.05, 3.63) is 54.1 Å². The molecule has 2 heterocycles. The summed E-state index contributed by atoms with van der Waals surface area (Å²) in [5.41, 5.74) is 1.75. The Morgan fingerprint density at radius 2 is 2.20 bits per heavy atom. The number of aryl methyl sites for hydroxylation is 2. The van der Waals surface area contributed by atoms with E-state index in [9.17, 15) is 0 Å². The first kappa shape index (κ1) is 9.47. The molecule has 0 amide bonds. The standard InChI is InChI=1S/C12H11N3/c13-10-12-5-3-8-15(12)9-6-11-4-1-2-7-14-11/h1-5,7-8H,6,9H2. The zero-order chi connectivity index (χ0) is 10.5. The molecule has 0 atom stereocenters. The van der Waals surface area contributed by atoms with Gasteiger partial charge in [0.15, 0.2) is 0 Å². The van der Waals surface area contributed by atoms with Gasteiger partial charge in [0, 0.05) is 31.1 Å². The third kappa shape index (κ3) is 2.23. The van der Waals surface area contributed by atoms with E-state index in [-0.39, 0.29) is 0 Å². The lowest BCUT2D eigenvalue weighted by Crippen LogP contribution is -2.03. The highest BCUT2D eigenvalue weighted by Crippen LogP contribution is 2.03. The average Bonchev–Trinajstić information content (AvgIpc) is 2.75. The highest BCUT2D eigenvalue weighted by Gasteiger charge is 1.99. The minimum Gasteiger partial charge on any atom is -0.339 e. The Morgan fingerprint density at radius 3 is 2.93 bits per heavy atom. The second-order valence-electron chi connectivity index (χ2n) is 3.27. The molecule has 0 fully saturated rings. The fourth-order valence-corrected chi connectivity index (χ4v) is 1.49. The summed E-state index contributed by atoms with van der Waals surface area (Å²) in [6, 6.07) is 11.7. The molecule has 2 aromatic rings. The van der Waals surface area contributed by atoms with Crippen molar-refractivity contribution in [3.63, 3.8) is 0 Å². The van der Waals surface area contributed by atoms with Gasteiger partial charge in [0.1, 0.15) is 11.8 Å². The van der Waals surface area contributed by atoms with Crippen molar-refractivity contribution in [1.82, 2.24) is 9.55 Å².